The van der Waals surface area contributed by atoms with Crippen LogP contribution in [0.2, 0.25) is 0 Å². The molecule has 1 atom stereocenters. The molecule has 0 aliphatic rings. The van der Waals surface area contributed by atoms with Crippen LogP contribution in [0, 0.1) is 0 Å². The molecule has 16 heavy (non-hydrogen) atoms. The van der Waals surface area contributed by atoms with E-state index < -0.39 is 0 Å². The van der Waals surface area contributed by atoms with Gasteiger partial charge in [-0.3, -0.25) is 0 Å². The lowest BCUT2D eigenvalue weighted by Gasteiger charge is -2.04. The zero-order valence-corrected chi connectivity index (χ0v) is 10.1. The summed E-state index contributed by atoms with van der Waals surface area (Å²) < 4.78 is 2.15. The van der Waals surface area contributed by atoms with Gasteiger partial charge in [-0.2, -0.15) is 0 Å². The van der Waals surface area contributed by atoms with Crippen molar-refractivity contribution in [3.05, 3.63) is 41.6 Å². The molecule has 0 spiro atoms. The predicted molar refractivity (Wildman–Crippen MR) is 70.2 cm³/mol. The van der Waals surface area contributed by atoms with Gasteiger partial charge in [0.1, 0.15) is 0 Å². The third-order valence-corrected chi connectivity index (χ3v) is 3.03. The number of hydrogen-bond donors (Lipinski definition) is 1. The van der Waals surface area contributed by atoms with Gasteiger partial charge in [0, 0.05) is 30.2 Å². The zero-order valence-electron chi connectivity index (χ0n) is 10.1. The summed E-state index contributed by atoms with van der Waals surface area (Å²) >= 11 is 0. The normalized spacial score (nSPS) is 14.4. The van der Waals surface area contributed by atoms with Gasteiger partial charge in [-0.05, 0) is 25.5 Å². The summed E-state index contributed by atoms with van der Waals surface area (Å²) in [6.45, 7) is 4.09. The van der Waals surface area contributed by atoms with Crippen LogP contribution in [-0.2, 0) is 7.05 Å². The third kappa shape index (κ3) is 1.89. The number of nitrogens with zero attached hydrogens (tertiary/aromatic N) is 1. The average Bonchev–Trinajstić information content (AvgIpc) is 2.57. The maximum Gasteiger partial charge on any atom is 0.0483 e. The van der Waals surface area contributed by atoms with Crippen LogP contribution in [0.4, 0.5) is 0 Å². The molecule has 1 heterocycles. The number of rotatable bonds is 2. The van der Waals surface area contributed by atoms with Crippen molar-refractivity contribution in [1.82, 2.24) is 4.57 Å². The highest BCUT2D eigenvalue weighted by Crippen LogP contribution is 2.22. The van der Waals surface area contributed by atoms with E-state index in [-0.39, 0.29) is 6.04 Å². The lowest BCUT2D eigenvalue weighted by atomic mass is 10.1. The third-order valence-electron chi connectivity index (χ3n) is 3.03. The molecule has 84 valence electrons. The average molecular weight is 214 g/mol. The molecule has 0 aliphatic heterocycles. The van der Waals surface area contributed by atoms with Crippen LogP contribution < -0.4 is 5.73 Å². The second kappa shape index (κ2) is 4.14. The van der Waals surface area contributed by atoms with Crippen LogP contribution in [-0.4, -0.2) is 10.6 Å². The summed E-state index contributed by atoms with van der Waals surface area (Å²) in [5, 5.41) is 1.28. The lowest BCUT2D eigenvalue weighted by Crippen LogP contribution is -2.15. The molecule has 0 bridgehead atoms. The first-order valence-corrected chi connectivity index (χ1v) is 5.57. The van der Waals surface area contributed by atoms with Crippen LogP contribution >= 0.6 is 0 Å². The highest BCUT2D eigenvalue weighted by atomic mass is 14.9. The summed E-state index contributed by atoms with van der Waals surface area (Å²) in [6.07, 6.45) is 4.32. The van der Waals surface area contributed by atoms with E-state index in [9.17, 15) is 0 Å². The van der Waals surface area contributed by atoms with E-state index in [1.165, 1.54) is 22.0 Å². The van der Waals surface area contributed by atoms with Gasteiger partial charge in [0.2, 0.25) is 0 Å². The Morgan fingerprint density at radius 3 is 2.75 bits per heavy atom. The molecule has 0 fully saturated rings. The molecule has 1 aromatic carbocycles. The van der Waals surface area contributed by atoms with Gasteiger partial charge < -0.3 is 10.3 Å². The number of aryl methyl sites for hydroxylation is 1. The molecule has 2 nitrogen and oxygen atoms in total. The summed E-state index contributed by atoms with van der Waals surface area (Å²) in [5.41, 5.74) is 9.56. The van der Waals surface area contributed by atoms with Gasteiger partial charge in [-0.25, -0.2) is 0 Å². The topological polar surface area (TPSA) is 30.9 Å². The molecule has 2 N–H and O–H groups in total. The molecule has 0 saturated heterocycles. The SMILES string of the molecule is C/C(=C\c1cn(C)c2ccccc12)C(C)N. The Labute approximate surface area is 96.4 Å². The van der Waals surface area contributed by atoms with E-state index in [0.717, 1.165) is 0 Å². The maximum atomic E-state index is 5.86. The summed E-state index contributed by atoms with van der Waals surface area (Å²) in [6, 6.07) is 8.53. The minimum atomic E-state index is 0.110. The van der Waals surface area contributed by atoms with Crippen molar-refractivity contribution in [3.8, 4) is 0 Å². The Kier molecular flexibility index (Phi) is 2.84. The molecule has 0 radical (unpaired) electrons. The van der Waals surface area contributed by atoms with E-state index >= 15 is 0 Å². The van der Waals surface area contributed by atoms with Crippen molar-refractivity contribution < 1.29 is 0 Å². The van der Waals surface area contributed by atoms with Crippen molar-refractivity contribution in [2.45, 2.75) is 19.9 Å². The van der Waals surface area contributed by atoms with E-state index in [1.54, 1.807) is 0 Å². The van der Waals surface area contributed by atoms with Gasteiger partial charge in [-0.1, -0.05) is 29.8 Å². The fourth-order valence-electron chi connectivity index (χ4n) is 1.86. The second-order valence-electron chi connectivity index (χ2n) is 4.39. The van der Waals surface area contributed by atoms with Crippen LogP contribution in [0.15, 0.2) is 36.0 Å². The summed E-state index contributed by atoms with van der Waals surface area (Å²) in [4.78, 5) is 0. The van der Waals surface area contributed by atoms with Gasteiger partial charge >= 0.3 is 0 Å². The minimum Gasteiger partial charge on any atom is -0.350 e. The Hall–Kier alpha value is -1.54. The highest BCUT2D eigenvalue weighted by molar-refractivity contribution is 5.89. The number of fused-ring (bicyclic) bond motifs is 1. The first kappa shape index (κ1) is 11.0. The molecular weight excluding hydrogens is 196 g/mol. The first-order valence-electron chi connectivity index (χ1n) is 5.57. The number of hydrogen-bond acceptors (Lipinski definition) is 1. The number of para-hydroxylation sites is 1. The van der Waals surface area contributed by atoms with Crippen LogP contribution in [0.3, 0.4) is 0 Å². The van der Waals surface area contributed by atoms with Crippen molar-refractivity contribution >= 4 is 17.0 Å². The second-order valence-corrected chi connectivity index (χ2v) is 4.39. The van der Waals surface area contributed by atoms with Crippen LogP contribution in [0.25, 0.3) is 17.0 Å². The maximum absolute atomic E-state index is 5.86. The molecule has 2 rings (SSSR count). The smallest absolute Gasteiger partial charge is 0.0483 e. The van der Waals surface area contributed by atoms with E-state index in [0.29, 0.717) is 0 Å². The minimum absolute atomic E-state index is 0.110. The Bertz CT molecular complexity index is 533. The van der Waals surface area contributed by atoms with E-state index in [2.05, 4.69) is 55.1 Å². The fraction of sp³-hybridized carbons (Fsp3) is 0.286. The van der Waals surface area contributed by atoms with Crippen molar-refractivity contribution in [2.75, 3.05) is 0 Å². The highest BCUT2D eigenvalue weighted by Gasteiger charge is 2.04. The molecule has 1 aromatic heterocycles. The van der Waals surface area contributed by atoms with Gasteiger partial charge in [0.25, 0.3) is 0 Å². The van der Waals surface area contributed by atoms with Crippen LogP contribution in [0.5, 0.6) is 0 Å². The Morgan fingerprint density at radius 2 is 2.06 bits per heavy atom. The van der Waals surface area contributed by atoms with E-state index in [1.807, 2.05) is 6.92 Å². The quantitative estimate of drug-likeness (QED) is 0.818. The number of benzene rings is 1. The Balaban J connectivity index is 2.58. The van der Waals surface area contributed by atoms with Crippen LogP contribution in [0.1, 0.15) is 19.4 Å². The molecule has 2 heteroatoms. The molecule has 0 saturated carbocycles. The molecular formula is C14H18N2. The molecule has 0 aliphatic carbocycles. The molecule has 1 unspecified atom stereocenters. The summed E-state index contributed by atoms with van der Waals surface area (Å²) in [5.74, 6) is 0. The van der Waals surface area contributed by atoms with Gasteiger partial charge in [0.05, 0.1) is 0 Å². The molecule has 0 amide bonds. The lowest BCUT2D eigenvalue weighted by molar-refractivity contribution is 0.868. The number of nitrogens with two attached hydrogens (primary N) is 1. The Morgan fingerprint density at radius 1 is 1.38 bits per heavy atom. The van der Waals surface area contributed by atoms with Gasteiger partial charge in [0.15, 0.2) is 0 Å². The summed E-state index contributed by atoms with van der Waals surface area (Å²) in [7, 11) is 2.07. The van der Waals surface area contributed by atoms with Gasteiger partial charge in [-0.15, -0.1) is 0 Å². The van der Waals surface area contributed by atoms with Crippen molar-refractivity contribution in [2.24, 2.45) is 12.8 Å². The fourth-order valence-corrected chi connectivity index (χ4v) is 1.86. The standard InChI is InChI=1S/C14H18N2/c1-10(11(2)15)8-12-9-16(3)14-7-5-4-6-13(12)14/h4-9,11H,15H2,1-3H3/b10-8+. The molecule has 2 aromatic rings. The van der Waals surface area contributed by atoms with Crippen molar-refractivity contribution in [1.29, 1.82) is 0 Å². The van der Waals surface area contributed by atoms with E-state index in [4.69, 9.17) is 5.73 Å². The predicted octanol–water partition coefficient (Wildman–Crippen LogP) is 2.93. The van der Waals surface area contributed by atoms with Crippen molar-refractivity contribution in [3.63, 3.8) is 0 Å². The zero-order chi connectivity index (χ0) is 11.7. The number of aromatic nitrogens is 1. The largest absolute Gasteiger partial charge is 0.350 e. The monoisotopic (exact) mass is 214 g/mol. The first-order chi connectivity index (χ1) is 7.59.